The van der Waals surface area contributed by atoms with Gasteiger partial charge in [0.25, 0.3) is 5.91 Å². The standard InChI is InChI=1S/C18H20F2N2O3/c1-11(12-7-13(19)9-14(20)8-12)22-18(23)16-4-3-15(24-2)10-17(16)25-6-5-21/h3-4,7-11H,5-6,21H2,1-2H3,(H,22,23)/t11-/m0/s1. The molecule has 0 aromatic heterocycles. The normalized spacial score (nSPS) is 11.7. The van der Waals surface area contributed by atoms with Crippen LogP contribution in [0, 0.1) is 11.6 Å². The highest BCUT2D eigenvalue weighted by Gasteiger charge is 2.17. The second kappa shape index (κ2) is 8.43. The number of benzene rings is 2. The number of halogens is 2. The highest BCUT2D eigenvalue weighted by molar-refractivity contribution is 5.97. The Morgan fingerprint density at radius 1 is 1.20 bits per heavy atom. The van der Waals surface area contributed by atoms with Crippen LogP contribution < -0.4 is 20.5 Å². The van der Waals surface area contributed by atoms with Crippen LogP contribution in [0.5, 0.6) is 11.5 Å². The van der Waals surface area contributed by atoms with Crippen molar-refractivity contribution in [2.75, 3.05) is 20.3 Å². The minimum absolute atomic E-state index is 0.234. The molecule has 0 aliphatic rings. The third-order valence-electron chi connectivity index (χ3n) is 3.54. The summed E-state index contributed by atoms with van der Waals surface area (Å²) in [5.41, 5.74) is 6.03. The van der Waals surface area contributed by atoms with Gasteiger partial charge in [0.15, 0.2) is 0 Å². The number of amides is 1. The van der Waals surface area contributed by atoms with E-state index in [9.17, 15) is 13.6 Å². The molecule has 0 heterocycles. The lowest BCUT2D eigenvalue weighted by Crippen LogP contribution is -2.27. The monoisotopic (exact) mass is 350 g/mol. The van der Waals surface area contributed by atoms with E-state index in [1.54, 1.807) is 25.1 Å². The van der Waals surface area contributed by atoms with E-state index in [0.717, 1.165) is 6.07 Å². The van der Waals surface area contributed by atoms with Crippen molar-refractivity contribution in [2.45, 2.75) is 13.0 Å². The smallest absolute Gasteiger partial charge is 0.255 e. The first-order chi connectivity index (χ1) is 11.9. The van der Waals surface area contributed by atoms with Gasteiger partial charge in [-0.3, -0.25) is 4.79 Å². The van der Waals surface area contributed by atoms with Crippen molar-refractivity contribution in [3.05, 3.63) is 59.2 Å². The average molecular weight is 350 g/mol. The summed E-state index contributed by atoms with van der Waals surface area (Å²) in [5, 5.41) is 2.70. The number of hydrogen-bond acceptors (Lipinski definition) is 4. The lowest BCUT2D eigenvalue weighted by atomic mass is 10.1. The van der Waals surface area contributed by atoms with E-state index in [2.05, 4.69) is 5.32 Å². The fraction of sp³-hybridized carbons (Fsp3) is 0.278. The Hall–Kier alpha value is -2.67. The Kier molecular flexibility index (Phi) is 6.30. The molecule has 7 heteroatoms. The number of hydrogen-bond donors (Lipinski definition) is 2. The van der Waals surface area contributed by atoms with E-state index >= 15 is 0 Å². The van der Waals surface area contributed by atoms with Crippen molar-refractivity contribution < 1.29 is 23.0 Å². The largest absolute Gasteiger partial charge is 0.497 e. The molecule has 134 valence electrons. The maximum atomic E-state index is 13.3. The van der Waals surface area contributed by atoms with Crippen LogP contribution in [0.25, 0.3) is 0 Å². The topological polar surface area (TPSA) is 73.6 Å². The molecule has 0 aliphatic carbocycles. The molecule has 1 amide bonds. The van der Waals surface area contributed by atoms with E-state index in [4.69, 9.17) is 15.2 Å². The van der Waals surface area contributed by atoms with Crippen LogP contribution in [0.2, 0.25) is 0 Å². The van der Waals surface area contributed by atoms with Crippen LogP contribution >= 0.6 is 0 Å². The van der Waals surface area contributed by atoms with Gasteiger partial charge in [0.05, 0.1) is 18.7 Å². The number of methoxy groups -OCH3 is 1. The van der Waals surface area contributed by atoms with Gasteiger partial charge in [-0.05, 0) is 36.8 Å². The molecule has 0 saturated carbocycles. The minimum atomic E-state index is -0.701. The third kappa shape index (κ3) is 4.90. The summed E-state index contributed by atoms with van der Waals surface area (Å²) in [7, 11) is 1.50. The third-order valence-corrected chi connectivity index (χ3v) is 3.54. The zero-order valence-electron chi connectivity index (χ0n) is 14.0. The van der Waals surface area contributed by atoms with Crippen LogP contribution in [0.3, 0.4) is 0 Å². The molecule has 0 aliphatic heterocycles. The predicted molar refractivity (Wildman–Crippen MR) is 89.8 cm³/mol. The van der Waals surface area contributed by atoms with Crippen molar-refractivity contribution in [1.29, 1.82) is 0 Å². The first kappa shape index (κ1) is 18.7. The quantitative estimate of drug-likeness (QED) is 0.805. The van der Waals surface area contributed by atoms with Gasteiger partial charge >= 0.3 is 0 Å². The second-order valence-electron chi connectivity index (χ2n) is 5.40. The molecule has 0 bridgehead atoms. The fourth-order valence-electron chi connectivity index (χ4n) is 2.29. The Morgan fingerprint density at radius 3 is 2.48 bits per heavy atom. The van der Waals surface area contributed by atoms with Crippen LogP contribution in [0.1, 0.15) is 28.9 Å². The highest BCUT2D eigenvalue weighted by Crippen LogP contribution is 2.26. The SMILES string of the molecule is COc1ccc(C(=O)N[C@@H](C)c2cc(F)cc(F)c2)c(OCCN)c1. The van der Waals surface area contributed by atoms with Crippen molar-refractivity contribution in [1.82, 2.24) is 5.32 Å². The maximum absolute atomic E-state index is 13.3. The summed E-state index contributed by atoms with van der Waals surface area (Å²) >= 11 is 0. The molecule has 0 radical (unpaired) electrons. The van der Waals surface area contributed by atoms with Crippen LogP contribution in [-0.2, 0) is 0 Å². The summed E-state index contributed by atoms with van der Waals surface area (Å²) < 4.78 is 37.3. The van der Waals surface area contributed by atoms with Gasteiger partial charge in [0, 0.05) is 18.7 Å². The van der Waals surface area contributed by atoms with E-state index in [1.807, 2.05) is 0 Å². The summed E-state index contributed by atoms with van der Waals surface area (Å²) in [6, 6.07) is 7.29. The maximum Gasteiger partial charge on any atom is 0.255 e. The Balaban J connectivity index is 2.21. The number of rotatable bonds is 7. The number of nitrogens with two attached hydrogens (primary N) is 1. The Morgan fingerprint density at radius 2 is 1.88 bits per heavy atom. The predicted octanol–water partition coefficient (Wildman–Crippen LogP) is 2.80. The van der Waals surface area contributed by atoms with Gasteiger partial charge in [-0.15, -0.1) is 0 Å². The Bertz CT molecular complexity index is 733. The first-order valence-corrected chi connectivity index (χ1v) is 7.72. The molecule has 0 unspecified atom stereocenters. The number of carbonyl (C=O) groups excluding carboxylic acids is 1. The molecule has 0 spiro atoms. The summed E-state index contributed by atoms with van der Waals surface area (Å²) in [4.78, 5) is 12.5. The van der Waals surface area contributed by atoms with E-state index in [0.29, 0.717) is 17.1 Å². The van der Waals surface area contributed by atoms with Gasteiger partial charge in [-0.1, -0.05) is 0 Å². The molecule has 2 aromatic rings. The van der Waals surface area contributed by atoms with Crippen molar-refractivity contribution in [3.63, 3.8) is 0 Å². The van der Waals surface area contributed by atoms with E-state index in [-0.39, 0.29) is 18.7 Å². The average Bonchev–Trinajstić information content (AvgIpc) is 2.58. The van der Waals surface area contributed by atoms with Gasteiger partial charge in [0.2, 0.25) is 0 Å². The number of nitrogens with one attached hydrogen (secondary N) is 1. The molecular formula is C18H20F2N2O3. The molecule has 3 N–H and O–H groups in total. The number of carbonyl (C=O) groups is 1. The van der Waals surface area contributed by atoms with E-state index in [1.165, 1.54) is 19.2 Å². The lowest BCUT2D eigenvalue weighted by molar-refractivity contribution is 0.0935. The van der Waals surface area contributed by atoms with Crippen LogP contribution in [0.4, 0.5) is 8.78 Å². The van der Waals surface area contributed by atoms with Gasteiger partial charge in [-0.25, -0.2) is 8.78 Å². The van der Waals surface area contributed by atoms with Crippen LogP contribution in [-0.4, -0.2) is 26.2 Å². The Labute approximate surface area is 144 Å². The van der Waals surface area contributed by atoms with Crippen molar-refractivity contribution in [2.24, 2.45) is 5.73 Å². The van der Waals surface area contributed by atoms with Gasteiger partial charge in [0.1, 0.15) is 29.7 Å². The zero-order valence-corrected chi connectivity index (χ0v) is 14.0. The zero-order chi connectivity index (χ0) is 18.4. The highest BCUT2D eigenvalue weighted by atomic mass is 19.1. The minimum Gasteiger partial charge on any atom is -0.497 e. The summed E-state index contributed by atoms with van der Waals surface area (Å²) in [6.45, 7) is 2.16. The van der Waals surface area contributed by atoms with Crippen molar-refractivity contribution >= 4 is 5.91 Å². The summed E-state index contributed by atoms with van der Waals surface area (Å²) in [5.74, 6) is -0.990. The van der Waals surface area contributed by atoms with Crippen LogP contribution in [0.15, 0.2) is 36.4 Å². The molecular weight excluding hydrogens is 330 g/mol. The molecule has 2 rings (SSSR count). The molecule has 5 nitrogen and oxygen atoms in total. The lowest BCUT2D eigenvalue weighted by Gasteiger charge is -2.17. The van der Waals surface area contributed by atoms with Gasteiger partial charge in [-0.2, -0.15) is 0 Å². The molecule has 0 fully saturated rings. The van der Waals surface area contributed by atoms with E-state index < -0.39 is 23.6 Å². The number of ether oxygens (including phenoxy) is 2. The summed E-state index contributed by atoms with van der Waals surface area (Å²) in [6.07, 6.45) is 0. The molecule has 2 aromatic carbocycles. The van der Waals surface area contributed by atoms with Crippen molar-refractivity contribution in [3.8, 4) is 11.5 Å². The van der Waals surface area contributed by atoms with Gasteiger partial charge < -0.3 is 20.5 Å². The second-order valence-corrected chi connectivity index (χ2v) is 5.40. The first-order valence-electron chi connectivity index (χ1n) is 7.72. The molecule has 25 heavy (non-hydrogen) atoms. The molecule has 0 saturated heterocycles. The molecule has 1 atom stereocenters. The fourth-order valence-corrected chi connectivity index (χ4v) is 2.29.